The SMILES string of the molecule is CCc1nn(C)cc1CNC(=O)CC(N)C(C)C. The molecule has 3 N–H and O–H groups in total. The lowest BCUT2D eigenvalue weighted by Crippen LogP contribution is -2.34. The molecule has 1 atom stereocenters. The highest BCUT2D eigenvalue weighted by Crippen LogP contribution is 2.07. The number of carbonyl (C=O) groups is 1. The molecule has 5 heteroatoms. The van der Waals surface area contributed by atoms with Crippen molar-refractivity contribution in [2.75, 3.05) is 0 Å². The van der Waals surface area contributed by atoms with E-state index in [0.717, 1.165) is 17.7 Å². The summed E-state index contributed by atoms with van der Waals surface area (Å²) in [6, 6.07) is -0.0791. The van der Waals surface area contributed by atoms with E-state index in [9.17, 15) is 4.79 Å². The monoisotopic (exact) mass is 252 g/mol. The summed E-state index contributed by atoms with van der Waals surface area (Å²) in [6.45, 7) is 6.63. The van der Waals surface area contributed by atoms with Crippen LogP contribution in [0.2, 0.25) is 0 Å². The first-order valence-electron chi connectivity index (χ1n) is 6.47. The maximum Gasteiger partial charge on any atom is 0.221 e. The predicted octanol–water partition coefficient (Wildman–Crippen LogP) is 0.972. The Labute approximate surface area is 109 Å². The van der Waals surface area contributed by atoms with Gasteiger partial charge in [-0.15, -0.1) is 0 Å². The Balaban J connectivity index is 2.47. The van der Waals surface area contributed by atoms with Crippen molar-refractivity contribution in [3.8, 4) is 0 Å². The van der Waals surface area contributed by atoms with E-state index in [-0.39, 0.29) is 11.9 Å². The van der Waals surface area contributed by atoms with Crippen LogP contribution in [0.25, 0.3) is 0 Å². The molecule has 0 saturated carbocycles. The summed E-state index contributed by atoms with van der Waals surface area (Å²) in [6.07, 6.45) is 3.19. The van der Waals surface area contributed by atoms with Crippen LogP contribution in [-0.2, 0) is 24.8 Å². The summed E-state index contributed by atoms with van der Waals surface area (Å²) < 4.78 is 1.78. The van der Waals surface area contributed by atoms with Gasteiger partial charge in [0.2, 0.25) is 5.91 Å². The van der Waals surface area contributed by atoms with Gasteiger partial charge in [-0.3, -0.25) is 9.48 Å². The van der Waals surface area contributed by atoms with Gasteiger partial charge in [0, 0.05) is 37.8 Å². The molecule has 1 aromatic rings. The van der Waals surface area contributed by atoms with Crippen LogP contribution in [0.1, 0.15) is 38.4 Å². The molecule has 0 aliphatic carbocycles. The number of aryl methyl sites for hydroxylation is 2. The molecule has 0 aromatic carbocycles. The molecule has 102 valence electrons. The third kappa shape index (κ3) is 4.14. The molecule has 0 fully saturated rings. The molecule has 0 saturated heterocycles. The Morgan fingerprint density at radius 1 is 1.56 bits per heavy atom. The minimum Gasteiger partial charge on any atom is -0.352 e. The van der Waals surface area contributed by atoms with Gasteiger partial charge in [0.25, 0.3) is 0 Å². The number of rotatable bonds is 6. The summed E-state index contributed by atoms with van der Waals surface area (Å²) in [5.41, 5.74) is 7.98. The molecule has 0 aliphatic rings. The third-order valence-corrected chi connectivity index (χ3v) is 3.08. The van der Waals surface area contributed by atoms with Crippen LogP contribution < -0.4 is 11.1 Å². The molecule has 1 unspecified atom stereocenters. The molecule has 1 rings (SSSR count). The highest BCUT2D eigenvalue weighted by molar-refractivity contribution is 5.76. The van der Waals surface area contributed by atoms with Gasteiger partial charge in [-0.1, -0.05) is 20.8 Å². The van der Waals surface area contributed by atoms with E-state index in [2.05, 4.69) is 17.3 Å². The van der Waals surface area contributed by atoms with Gasteiger partial charge in [0.1, 0.15) is 0 Å². The fraction of sp³-hybridized carbons (Fsp3) is 0.692. The van der Waals surface area contributed by atoms with Gasteiger partial charge in [0.15, 0.2) is 0 Å². The molecule has 1 heterocycles. The fourth-order valence-electron chi connectivity index (χ4n) is 1.74. The van der Waals surface area contributed by atoms with Crippen LogP contribution in [-0.4, -0.2) is 21.7 Å². The first kappa shape index (κ1) is 14.7. The van der Waals surface area contributed by atoms with E-state index >= 15 is 0 Å². The van der Waals surface area contributed by atoms with Crippen molar-refractivity contribution < 1.29 is 4.79 Å². The van der Waals surface area contributed by atoms with Crippen LogP contribution in [0.15, 0.2) is 6.20 Å². The second kappa shape index (κ2) is 6.54. The highest BCUT2D eigenvalue weighted by Gasteiger charge is 2.13. The van der Waals surface area contributed by atoms with Gasteiger partial charge in [-0.05, 0) is 12.3 Å². The maximum absolute atomic E-state index is 11.7. The van der Waals surface area contributed by atoms with Crippen molar-refractivity contribution in [2.45, 2.75) is 46.2 Å². The van der Waals surface area contributed by atoms with Crippen molar-refractivity contribution >= 4 is 5.91 Å². The second-order valence-electron chi connectivity index (χ2n) is 5.02. The van der Waals surface area contributed by atoms with E-state index in [1.54, 1.807) is 4.68 Å². The first-order valence-corrected chi connectivity index (χ1v) is 6.47. The number of carbonyl (C=O) groups excluding carboxylic acids is 1. The molecule has 1 aromatic heterocycles. The van der Waals surface area contributed by atoms with Crippen LogP contribution in [0.5, 0.6) is 0 Å². The largest absolute Gasteiger partial charge is 0.352 e. The lowest BCUT2D eigenvalue weighted by Gasteiger charge is -2.14. The van der Waals surface area contributed by atoms with Gasteiger partial charge < -0.3 is 11.1 Å². The van der Waals surface area contributed by atoms with Gasteiger partial charge in [0.05, 0.1) is 5.69 Å². The molecule has 0 bridgehead atoms. The molecule has 1 amide bonds. The fourth-order valence-corrected chi connectivity index (χ4v) is 1.74. The quantitative estimate of drug-likeness (QED) is 0.792. The zero-order valence-electron chi connectivity index (χ0n) is 11.7. The molecular weight excluding hydrogens is 228 g/mol. The van der Waals surface area contributed by atoms with Crippen LogP contribution in [0.4, 0.5) is 0 Å². The number of nitrogens with one attached hydrogen (secondary N) is 1. The Bertz CT molecular complexity index is 398. The summed E-state index contributed by atoms with van der Waals surface area (Å²) in [5, 5.41) is 7.24. The number of hydrogen-bond donors (Lipinski definition) is 2. The van der Waals surface area contributed by atoms with E-state index in [0.29, 0.717) is 18.9 Å². The number of aromatic nitrogens is 2. The van der Waals surface area contributed by atoms with E-state index in [4.69, 9.17) is 5.73 Å². The van der Waals surface area contributed by atoms with E-state index in [1.165, 1.54) is 0 Å². The summed E-state index contributed by atoms with van der Waals surface area (Å²) in [4.78, 5) is 11.7. The van der Waals surface area contributed by atoms with Crippen LogP contribution in [0, 0.1) is 5.92 Å². The highest BCUT2D eigenvalue weighted by atomic mass is 16.1. The van der Waals surface area contributed by atoms with Crippen molar-refractivity contribution in [1.29, 1.82) is 0 Å². The Morgan fingerprint density at radius 2 is 2.22 bits per heavy atom. The number of hydrogen-bond acceptors (Lipinski definition) is 3. The Morgan fingerprint density at radius 3 is 2.78 bits per heavy atom. The maximum atomic E-state index is 11.7. The minimum atomic E-state index is -0.0791. The number of nitrogens with zero attached hydrogens (tertiary/aromatic N) is 2. The van der Waals surface area contributed by atoms with Crippen molar-refractivity contribution in [2.24, 2.45) is 18.7 Å². The van der Waals surface area contributed by atoms with Gasteiger partial charge in [-0.25, -0.2) is 0 Å². The Hall–Kier alpha value is -1.36. The zero-order valence-corrected chi connectivity index (χ0v) is 11.7. The van der Waals surface area contributed by atoms with Crippen LogP contribution >= 0.6 is 0 Å². The molecule has 0 radical (unpaired) electrons. The number of amides is 1. The average molecular weight is 252 g/mol. The van der Waals surface area contributed by atoms with Gasteiger partial charge >= 0.3 is 0 Å². The molecule has 0 aliphatic heterocycles. The number of nitrogens with two attached hydrogens (primary N) is 1. The molecule has 5 nitrogen and oxygen atoms in total. The lowest BCUT2D eigenvalue weighted by atomic mass is 10.0. The van der Waals surface area contributed by atoms with Gasteiger partial charge in [-0.2, -0.15) is 5.10 Å². The normalized spacial score (nSPS) is 12.8. The molecule has 18 heavy (non-hydrogen) atoms. The summed E-state index contributed by atoms with van der Waals surface area (Å²) in [5.74, 6) is 0.322. The predicted molar refractivity (Wildman–Crippen MR) is 71.9 cm³/mol. The second-order valence-corrected chi connectivity index (χ2v) is 5.02. The topological polar surface area (TPSA) is 72.9 Å². The van der Waals surface area contributed by atoms with E-state index in [1.807, 2.05) is 27.1 Å². The molecule has 0 spiro atoms. The van der Waals surface area contributed by atoms with Crippen molar-refractivity contribution in [3.63, 3.8) is 0 Å². The smallest absolute Gasteiger partial charge is 0.221 e. The third-order valence-electron chi connectivity index (χ3n) is 3.08. The summed E-state index contributed by atoms with van der Waals surface area (Å²) in [7, 11) is 1.89. The zero-order chi connectivity index (χ0) is 13.7. The van der Waals surface area contributed by atoms with Crippen molar-refractivity contribution in [3.05, 3.63) is 17.5 Å². The lowest BCUT2D eigenvalue weighted by molar-refractivity contribution is -0.121. The molecular formula is C13H24N4O. The summed E-state index contributed by atoms with van der Waals surface area (Å²) >= 11 is 0. The Kier molecular flexibility index (Phi) is 5.34. The first-order chi connectivity index (χ1) is 8.43. The van der Waals surface area contributed by atoms with E-state index < -0.39 is 0 Å². The standard InChI is InChI=1S/C13H24N4O/c1-5-12-10(8-17(4)16-12)7-15-13(18)6-11(14)9(2)3/h8-9,11H,5-7,14H2,1-4H3,(H,15,18). The minimum absolute atomic E-state index is 0.00195. The van der Waals surface area contributed by atoms with Crippen LogP contribution in [0.3, 0.4) is 0 Å². The van der Waals surface area contributed by atoms with Crippen molar-refractivity contribution in [1.82, 2.24) is 15.1 Å². The average Bonchev–Trinajstić information content (AvgIpc) is 2.66.